The standard InChI is InChI=1S/C26H28N4O9/c1-26(2,3)38-25(34)29-10-8-15(9-11-29)27-24(33)19-14-22(39-28-19)23-20(32)12-17(31)13-21(23)37-18-6-4-16(5-7-18)30(35)36/h4-7,12-15,31-32H,8-11H2,1-3H3,(H,27,33). The van der Waals surface area contributed by atoms with Crippen molar-refractivity contribution in [3.8, 4) is 34.3 Å². The molecular weight excluding hydrogens is 512 g/mol. The van der Waals surface area contributed by atoms with Crippen LogP contribution in [-0.4, -0.2) is 61.9 Å². The third-order valence-electron chi connectivity index (χ3n) is 5.81. The summed E-state index contributed by atoms with van der Waals surface area (Å²) in [4.78, 5) is 37.0. The van der Waals surface area contributed by atoms with Gasteiger partial charge in [-0.05, 0) is 45.7 Å². The van der Waals surface area contributed by atoms with Crippen molar-refractivity contribution in [2.24, 2.45) is 0 Å². The highest BCUT2D eigenvalue weighted by Gasteiger charge is 2.29. The molecule has 1 aromatic heterocycles. The lowest BCUT2D eigenvalue weighted by Crippen LogP contribution is -2.47. The maximum atomic E-state index is 12.8. The summed E-state index contributed by atoms with van der Waals surface area (Å²) in [5.41, 5.74) is -0.759. The van der Waals surface area contributed by atoms with Crippen LogP contribution in [0.15, 0.2) is 47.0 Å². The minimum absolute atomic E-state index is 0.00527. The Balaban J connectivity index is 1.44. The van der Waals surface area contributed by atoms with Gasteiger partial charge in [0.05, 0.1) is 4.92 Å². The van der Waals surface area contributed by atoms with E-state index in [9.17, 15) is 29.9 Å². The molecule has 206 valence electrons. The second-order valence-electron chi connectivity index (χ2n) is 9.98. The highest BCUT2D eigenvalue weighted by molar-refractivity contribution is 5.93. The molecule has 1 aliphatic heterocycles. The fraction of sp³-hybridized carbons (Fsp3) is 0.346. The molecule has 3 N–H and O–H groups in total. The molecule has 1 fully saturated rings. The number of nitrogens with zero attached hydrogens (tertiary/aromatic N) is 3. The van der Waals surface area contributed by atoms with Gasteiger partial charge in [-0.3, -0.25) is 14.9 Å². The number of rotatable bonds is 6. The van der Waals surface area contributed by atoms with Crippen LogP contribution >= 0.6 is 0 Å². The van der Waals surface area contributed by atoms with Crippen molar-refractivity contribution in [2.75, 3.05) is 13.1 Å². The summed E-state index contributed by atoms with van der Waals surface area (Å²) in [6, 6.07) is 8.61. The smallest absolute Gasteiger partial charge is 0.410 e. The molecule has 1 aliphatic rings. The van der Waals surface area contributed by atoms with Gasteiger partial charge in [-0.25, -0.2) is 4.79 Å². The normalized spacial score (nSPS) is 14.1. The molecule has 0 aliphatic carbocycles. The molecule has 2 amide bonds. The highest BCUT2D eigenvalue weighted by Crippen LogP contribution is 2.43. The van der Waals surface area contributed by atoms with Gasteiger partial charge in [0.25, 0.3) is 11.6 Å². The van der Waals surface area contributed by atoms with E-state index in [-0.39, 0.29) is 46.0 Å². The minimum atomic E-state index is -0.592. The van der Waals surface area contributed by atoms with Crippen LogP contribution in [0.4, 0.5) is 10.5 Å². The monoisotopic (exact) mass is 540 g/mol. The number of amides is 2. The van der Waals surface area contributed by atoms with Gasteiger partial charge in [0, 0.05) is 49.5 Å². The molecule has 3 aromatic rings. The van der Waals surface area contributed by atoms with Gasteiger partial charge in [0.15, 0.2) is 11.5 Å². The van der Waals surface area contributed by atoms with Crippen molar-refractivity contribution >= 4 is 17.7 Å². The van der Waals surface area contributed by atoms with E-state index in [4.69, 9.17) is 14.0 Å². The fourth-order valence-corrected chi connectivity index (χ4v) is 3.97. The van der Waals surface area contributed by atoms with E-state index in [1.165, 1.54) is 36.4 Å². The summed E-state index contributed by atoms with van der Waals surface area (Å²) >= 11 is 0. The summed E-state index contributed by atoms with van der Waals surface area (Å²) in [7, 11) is 0. The summed E-state index contributed by atoms with van der Waals surface area (Å²) < 4.78 is 16.4. The highest BCUT2D eigenvalue weighted by atomic mass is 16.6. The van der Waals surface area contributed by atoms with Crippen molar-refractivity contribution in [3.63, 3.8) is 0 Å². The van der Waals surface area contributed by atoms with E-state index in [1.54, 1.807) is 25.7 Å². The Morgan fingerprint density at radius 2 is 1.79 bits per heavy atom. The third-order valence-corrected chi connectivity index (χ3v) is 5.81. The summed E-state index contributed by atoms with van der Waals surface area (Å²) in [6.45, 7) is 6.25. The molecular formula is C26H28N4O9. The van der Waals surface area contributed by atoms with Crippen molar-refractivity contribution in [1.29, 1.82) is 0 Å². The maximum absolute atomic E-state index is 12.8. The number of hydrogen-bond acceptors (Lipinski definition) is 10. The molecule has 2 heterocycles. The lowest BCUT2D eigenvalue weighted by molar-refractivity contribution is -0.384. The first-order valence-corrected chi connectivity index (χ1v) is 12.1. The molecule has 2 aromatic carbocycles. The molecule has 1 saturated heterocycles. The van der Waals surface area contributed by atoms with E-state index in [0.717, 1.165) is 6.07 Å². The van der Waals surface area contributed by atoms with Gasteiger partial charge in [-0.2, -0.15) is 0 Å². The number of nitrogens with one attached hydrogen (secondary N) is 1. The Kier molecular flexibility index (Phi) is 7.61. The predicted octanol–water partition coefficient (Wildman–Crippen LogP) is 4.58. The van der Waals surface area contributed by atoms with Crippen LogP contribution in [0.2, 0.25) is 0 Å². The first-order chi connectivity index (χ1) is 18.4. The molecule has 13 heteroatoms. The summed E-state index contributed by atoms with van der Waals surface area (Å²) in [6.07, 6.45) is 0.664. The number of aromatic hydroxyl groups is 2. The number of nitro groups is 1. The minimum Gasteiger partial charge on any atom is -0.508 e. The zero-order chi connectivity index (χ0) is 28.3. The zero-order valence-corrected chi connectivity index (χ0v) is 21.5. The van der Waals surface area contributed by atoms with E-state index >= 15 is 0 Å². The number of phenolic OH excluding ortho intramolecular Hbond substituents is 2. The van der Waals surface area contributed by atoms with Gasteiger partial charge >= 0.3 is 6.09 Å². The van der Waals surface area contributed by atoms with Crippen LogP contribution in [0.3, 0.4) is 0 Å². The molecule has 4 rings (SSSR count). The number of hydrogen-bond donors (Lipinski definition) is 3. The van der Waals surface area contributed by atoms with Crippen LogP contribution in [0.25, 0.3) is 11.3 Å². The summed E-state index contributed by atoms with van der Waals surface area (Å²) in [5, 5.41) is 38.1. The van der Waals surface area contributed by atoms with Crippen molar-refractivity contribution < 1.29 is 38.7 Å². The number of piperidine rings is 1. The average molecular weight is 541 g/mol. The number of non-ortho nitro benzene ring substituents is 1. The Morgan fingerprint density at radius 1 is 1.13 bits per heavy atom. The van der Waals surface area contributed by atoms with Crippen LogP contribution in [0.1, 0.15) is 44.1 Å². The molecule has 39 heavy (non-hydrogen) atoms. The number of carbonyl (C=O) groups excluding carboxylic acids is 2. The largest absolute Gasteiger partial charge is 0.508 e. The Labute approximate surface area is 223 Å². The first-order valence-electron chi connectivity index (χ1n) is 12.1. The fourth-order valence-electron chi connectivity index (χ4n) is 3.97. The third kappa shape index (κ3) is 6.74. The Bertz CT molecular complexity index is 1370. The number of likely N-dealkylation sites (tertiary alicyclic amines) is 1. The quantitative estimate of drug-likeness (QED) is 0.296. The molecule has 0 unspecified atom stereocenters. The van der Waals surface area contributed by atoms with Crippen molar-refractivity contribution in [3.05, 3.63) is 58.3 Å². The van der Waals surface area contributed by atoms with Crippen molar-refractivity contribution in [1.82, 2.24) is 15.4 Å². The molecule has 0 radical (unpaired) electrons. The van der Waals surface area contributed by atoms with Gasteiger partial charge in [-0.15, -0.1) is 0 Å². The van der Waals surface area contributed by atoms with E-state index in [2.05, 4.69) is 10.5 Å². The van der Waals surface area contributed by atoms with Crippen molar-refractivity contribution in [2.45, 2.75) is 45.3 Å². The number of ether oxygens (including phenoxy) is 2. The predicted molar refractivity (Wildman–Crippen MR) is 137 cm³/mol. The van der Waals surface area contributed by atoms with Crippen LogP contribution in [-0.2, 0) is 4.74 Å². The molecule has 0 spiro atoms. The number of carbonyl (C=O) groups is 2. The average Bonchev–Trinajstić information content (AvgIpc) is 3.33. The van der Waals surface area contributed by atoms with Gasteiger partial charge in [0.1, 0.15) is 34.2 Å². The van der Waals surface area contributed by atoms with Gasteiger partial charge < -0.3 is 34.4 Å². The second kappa shape index (κ2) is 10.9. The van der Waals surface area contributed by atoms with E-state index < -0.39 is 28.3 Å². The van der Waals surface area contributed by atoms with Gasteiger partial charge in [0.2, 0.25) is 0 Å². The van der Waals surface area contributed by atoms with Gasteiger partial charge in [-0.1, -0.05) is 5.16 Å². The topological polar surface area (TPSA) is 178 Å². The molecule has 0 bridgehead atoms. The SMILES string of the molecule is CC(C)(C)OC(=O)N1CCC(NC(=O)c2cc(-c3c(O)cc(O)cc3Oc3ccc([N+](=O)[O-])cc3)on2)CC1. The van der Waals surface area contributed by atoms with E-state index in [0.29, 0.717) is 25.9 Å². The number of nitro benzene ring substituents is 1. The molecule has 13 nitrogen and oxygen atoms in total. The Morgan fingerprint density at radius 3 is 2.41 bits per heavy atom. The number of aromatic nitrogens is 1. The number of benzene rings is 2. The lowest BCUT2D eigenvalue weighted by atomic mass is 10.0. The first kappa shape index (κ1) is 27.2. The maximum Gasteiger partial charge on any atom is 0.410 e. The van der Waals surface area contributed by atoms with Crippen LogP contribution < -0.4 is 10.1 Å². The Hall–Kier alpha value is -4.81. The zero-order valence-electron chi connectivity index (χ0n) is 21.5. The van der Waals surface area contributed by atoms with Crippen LogP contribution in [0.5, 0.6) is 23.0 Å². The molecule has 0 saturated carbocycles. The van der Waals surface area contributed by atoms with Crippen LogP contribution in [0, 0.1) is 10.1 Å². The summed E-state index contributed by atoms with van der Waals surface area (Å²) in [5.74, 6) is -1.04. The van der Waals surface area contributed by atoms with E-state index in [1.807, 2.05) is 0 Å². The number of phenols is 2. The molecule has 0 atom stereocenters. The second-order valence-corrected chi connectivity index (χ2v) is 9.98. The lowest BCUT2D eigenvalue weighted by Gasteiger charge is -2.33.